The Morgan fingerprint density at radius 3 is 3.08 bits per heavy atom. The largest absolute Gasteiger partial charge is 0.750 e. The Hall–Kier alpha value is -0.830. The Balaban J connectivity index is 2.30. The van der Waals surface area contributed by atoms with E-state index in [0.29, 0.717) is 0 Å². The topological polar surface area (TPSA) is 88.6 Å². The molecule has 0 aliphatic rings. The van der Waals surface area contributed by atoms with Gasteiger partial charge in [0.05, 0.1) is 11.4 Å². The van der Waals surface area contributed by atoms with E-state index in [1.54, 1.807) is 5.38 Å². The molecule has 0 spiro atoms. The standard InChI is InChI=1S/C5H5NO5S2/c7-4(3-10-13(8)9)11-5-6-1-2-12-5/h1-2H,3H2,(H,8,9)/p-1. The van der Waals surface area contributed by atoms with E-state index in [1.807, 2.05) is 0 Å². The number of hydrogen-bond donors (Lipinski definition) is 0. The highest BCUT2D eigenvalue weighted by Gasteiger charge is 2.06. The third-order valence-corrected chi connectivity index (χ3v) is 1.84. The van der Waals surface area contributed by atoms with Crippen molar-refractivity contribution in [3.05, 3.63) is 11.6 Å². The zero-order valence-electron chi connectivity index (χ0n) is 6.17. The van der Waals surface area contributed by atoms with Gasteiger partial charge in [0.25, 0.3) is 5.19 Å². The lowest BCUT2D eigenvalue weighted by Crippen LogP contribution is -2.16. The number of aromatic nitrogens is 1. The second-order valence-electron chi connectivity index (χ2n) is 1.74. The average Bonchev–Trinajstić information content (AvgIpc) is 2.53. The molecule has 0 fully saturated rings. The van der Waals surface area contributed by atoms with Crippen LogP contribution >= 0.6 is 11.3 Å². The molecule has 0 saturated carbocycles. The lowest BCUT2D eigenvalue weighted by Gasteiger charge is -2.03. The summed E-state index contributed by atoms with van der Waals surface area (Å²) in [7, 11) is 0. The second-order valence-corrected chi connectivity index (χ2v) is 3.24. The van der Waals surface area contributed by atoms with Gasteiger partial charge in [0.1, 0.15) is 0 Å². The van der Waals surface area contributed by atoms with Gasteiger partial charge in [0.2, 0.25) is 0 Å². The summed E-state index contributed by atoms with van der Waals surface area (Å²) in [6.45, 7) is -0.643. The predicted molar refractivity (Wildman–Crippen MR) is 42.6 cm³/mol. The Bertz CT molecular complexity index is 298. The highest BCUT2D eigenvalue weighted by atomic mass is 32.2. The summed E-state index contributed by atoms with van der Waals surface area (Å²) >= 11 is -1.58. The monoisotopic (exact) mass is 222 g/mol. The average molecular weight is 222 g/mol. The van der Waals surface area contributed by atoms with Crippen molar-refractivity contribution in [2.75, 3.05) is 6.61 Å². The van der Waals surface area contributed by atoms with Gasteiger partial charge in [-0.05, 0) is 0 Å². The third kappa shape index (κ3) is 4.08. The summed E-state index contributed by atoms with van der Waals surface area (Å²) < 4.78 is 28.3. The minimum absolute atomic E-state index is 0.158. The Labute approximate surface area is 80.0 Å². The number of carbonyl (C=O) groups excluding carboxylic acids is 1. The Kier molecular flexibility index (Phi) is 3.96. The molecule has 1 aromatic rings. The van der Waals surface area contributed by atoms with Gasteiger partial charge in [-0.1, -0.05) is 11.3 Å². The Morgan fingerprint density at radius 1 is 1.77 bits per heavy atom. The molecule has 0 bridgehead atoms. The van der Waals surface area contributed by atoms with Gasteiger partial charge in [-0.15, -0.1) is 0 Å². The fourth-order valence-electron chi connectivity index (χ4n) is 0.484. The van der Waals surface area contributed by atoms with Crippen molar-refractivity contribution in [1.29, 1.82) is 0 Å². The van der Waals surface area contributed by atoms with E-state index in [1.165, 1.54) is 6.20 Å². The molecule has 0 saturated heterocycles. The normalized spacial score (nSPS) is 12.4. The fraction of sp³-hybridized carbons (Fsp3) is 0.200. The number of nitrogens with zero attached hydrogens (tertiary/aromatic N) is 1. The molecule has 0 aliphatic heterocycles. The number of ether oxygens (including phenoxy) is 1. The van der Waals surface area contributed by atoms with E-state index < -0.39 is 23.9 Å². The van der Waals surface area contributed by atoms with Crippen LogP contribution in [-0.2, 0) is 20.3 Å². The van der Waals surface area contributed by atoms with E-state index in [4.69, 9.17) is 0 Å². The molecule has 72 valence electrons. The van der Waals surface area contributed by atoms with Crippen molar-refractivity contribution in [2.45, 2.75) is 0 Å². The summed E-state index contributed by atoms with van der Waals surface area (Å²) in [6.07, 6.45) is 1.46. The first-order valence-corrected chi connectivity index (χ1v) is 4.89. The first-order chi connectivity index (χ1) is 6.18. The number of rotatable bonds is 4. The highest BCUT2D eigenvalue weighted by Crippen LogP contribution is 2.13. The van der Waals surface area contributed by atoms with E-state index in [-0.39, 0.29) is 5.19 Å². The van der Waals surface area contributed by atoms with Crippen LogP contribution in [0.15, 0.2) is 11.6 Å². The molecule has 1 heterocycles. The maximum atomic E-state index is 10.8. The first kappa shape index (κ1) is 10.3. The molecule has 6 nitrogen and oxygen atoms in total. The maximum Gasteiger partial charge on any atom is 0.340 e. The molecular formula is C5H4NO5S2-. The van der Waals surface area contributed by atoms with Crippen LogP contribution in [-0.4, -0.2) is 26.3 Å². The molecule has 0 radical (unpaired) electrons. The van der Waals surface area contributed by atoms with Crippen molar-refractivity contribution in [1.82, 2.24) is 4.98 Å². The van der Waals surface area contributed by atoms with Crippen LogP contribution < -0.4 is 4.74 Å². The molecule has 0 amide bonds. The summed E-state index contributed by atoms with van der Waals surface area (Å²) in [5.41, 5.74) is 0. The quantitative estimate of drug-likeness (QED) is 0.520. The first-order valence-electron chi connectivity index (χ1n) is 3.01. The van der Waals surface area contributed by atoms with Crippen LogP contribution in [0.5, 0.6) is 5.19 Å². The summed E-state index contributed by atoms with van der Waals surface area (Å²) in [4.78, 5) is 14.4. The molecule has 8 heteroatoms. The molecule has 1 unspecified atom stereocenters. The molecule has 0 aliphatic carbocycles. The van der Waals surface area contributed by atoms with Crippen LogP contribution in [0.2, 0.25) is 0 Å². The van der Waals surface area contributed by atoms with Crippen LogP contribution in [0.3, 0.4) is 0 Å². The van der Waals surface area contributed by atoms with Crippen molar-refractivity contribution in [3.8, 4) is 5.19 Å². The summed E-state index contributed by atoms with van der Waals surface area (Å²) in [5, 5.41) is 1.78. The van der Waals surface area contributed by atoms with Crippen molar-refractivity contribution in [2.24, 2.45) is 0 Å². The molecule has 13 heavy (non-hydrogen) atoms. The predicted octanol–water partition coefficient (Wildman–Crippen LogP) is -0.141. The molecule has 1 aromatic heterocycles. The van der Waals surface area contributed by atoms with E-state index in [0.717, 1.165) is 11.3 Å². The van der Waals surface area contributed by atoms with E-state index in [2.05, 4.69) is 13.9 Å². The zero-order valence-corrected chi connectivity index (χ0v) is 7.80. The van der Waals surface area contributed by atoms with Crippen LogP contribution in [0, 0.1) is 0 Å². The van der Waals surface area contributed by atoms with Gasteiger partial charge in [-0.2, -0.15) is 0 Å². The van der Waals surface area contributed by atoms with Gasteiger partial charge < -0.3 is 9.29 Å². The SMILES string of the molecule is O=C(COS(=O)[O-])Oc1nccs1. The van der Waals surface area contributed by atoms with Crippen molar-refractivity contribution >= 4 is 28.7 Å². The van der Waals surface area contributed by atoms with Gasteiger partial charge in [-0.25, -0.2) is 14.0 Å². The van der Waals surface area contributed by atoms with Crippen LogP contribution in [0.1, 0.15) is 0 Å². The second kappa shape index (κ2) is 5.02. The zero-order chi connectivity index (χ0) is 9.68. The third-order valence-electron chi connectivity index (χ3n) is 0.884. The molecule has 0 N–H and O–H groups in total. The molecule has 0 aromatic carbocycles. The van der Waals surface area contributed by atoms with Crippen LogP contribution in [0.25, 0.3) is 0 Å². The highest BCUT2D eigenvalue weighted by molar-refractivity contribution is 7.74. The van der Waals surface area contributed by atoms with Gasteiger partial charge in [-0.3, -0.25) is 4.18 Å². The lowest BCUT2D eigenvalue weighted by molar-refractivity contribution is -0.136. The minimum atomic E-state index is -2.70. The molecular weight excluding hydrogens is 218 g/mol. The number of carbonyl (C=O) groups is 1. The van der Waals surface area contributed by atoms with Crippen molar-refractivity contribution in [3.63, 3.8) is 0 Å². The minimum Gasteiger partial charge on any atom is -0.750 e. The van der Waals surface area contributed by atoms with Crippen molar-refractivity contribution < 1.29 is 22.5 Å². The van der Waals surface area contributed by atoms with Crippen LogP contribution in [0.4, 0.5) is 0 Å². The number of thiazole rings is 1. The molecule has 1 atom stereocenters. The van der Waals surface area contributed by atoms with Gasteiger partial charge in [0.15, 0.2) is 6.61 Å². The maximum absolute atomic E-state index is 10.8. The number of hydrogen-bond acceptors (Lipinski definition) is 7. The van der Waals surface area contributed by atoms with E-state index in [9.17, 15) is 13.6 Å². The smallest absolute Gasteiger partial charge is 0.340 e. The summed E-state index contributed by atoms with van der Waals surface area (Å²) in [5.74, 6) is -0.806. The van der Waals surface area contributed by atoms with Gasteiger partial charge in [0, 0.05) is 11.6 Å². The summed E-state index contributed by atoms with van der Waals surface area (Å²) in [6, 6.07) is 0. The number of esters is 1. The molecule has 1 rings (SSSR count). The Morgan fingerprint density at radius 2 is 2.54 bits per heavy atom. The lowest BCUT2D eigenvalue weighted by atomic mass is 10.7. The fourth-order valence-corrected chi connectivity index (χ4v) is 1.18. The van der Waals surface area contributed by atoms with Gasteiger partial charge >= 0.3 is 5.97 Å². The van der Waals surface area contributed by atoms with E-state index >= 15 is 0 Å².